The molecule has 0 radical (unpaired) electrons. The molecular weight excluding hydrogens is 343 g/mol. The second kappa shape index (κ2) is 8.28. The van der Waals surface area contributed by atoms with E-state index in [9.17, 15) is 4.79 Å². The lowest BCUT2D eigenvalue weighted by Gasteiger charge is -2.10. The number of halogens is 3. The molecule has 0 saturated carbocycles. The van der Waals surface area contributed by atoms with Crippen LogP contribution in [0.2, 0.25) is 15.1 Å². The lowest BCUT2D eigenvalue weighted by atomic mass is 10.1. The Kier molecular flexibility index (Phi) is 6.37. The maximum Gasteiger partial charge on any atom is 0.239 e. The van der Waals surface area contributed by atoms with Crippen LogP contribution in [0.5, 0.6) is 0 Å². The van der Waals surface area contributed by atoms with Gasteiger partial charge in [0, 0.05) is 11.6 Å². The first-order chi connectivity index (χ1) is 10.6. The van der Waals surface area contributed by atoms with Gasteiger partial charge in [-0.3, -0.25) is 4.79 Å². The zero-order chi connectivity index (χ0) is 15.9. The number of carbonyl (C=O) groups is 1. The van der Waals surface area contributed by atoms with Crippen LogP contribution in [0.1, 0.15) is 5.56 Å². The number of anilines is 1. The van der Waals surface area contributed by atoms with Crippen LogP contribution in [0.15, 0.2) is 42.5 Å². The van der Waals surface area contributed by atoms with E-state index in [-0.39, 0.29) is 12.5 Å². The van der Waals surface area contributed by atoms with Gasteiger partial charge >= 0.3 is 0 Å². The molecule has 3 nitrogen and oxygen atoms in total. The van der Waals surface area contributed by atoms with Gasteiger partial charge in [0.2, 0.25) is 5.91 Å². The van der Waals surface area contributed by atoms with Crippen LogP contribution in [0.4, 0.5) is 5.69 Å². The molecule has 0 unspecified atom stereocenters. The molecule has 0 atom stereocenters. The van der Waals surface area contributed by atoms with Crippen LogP contribution >= 0.6 is 34.8 Å². The summed E-state index contributed by atoms with van der Waals surface area (Å²) in [6.07, 6.45) is 0.726. The quantitative estimate of drug-likeness (QED) is 0.803. The molecular formula is C16H15Cl3N2O. The third-order valence-corrected chi connectivity index (χ3v) is 4.07. The van der Waals surface area contributed by atoms with Gasteiger partial charge in [-0.2, -0.15) is 0 Å². The first-order valence-electron chi connectivity index (χ1n) is 6.75. The van der Waals surface area contributed by atoms with Crippen molar-refractivity contribution in [3.05, 3.63) is 63.1 Å². The minimum Gasteiger partial charge on any atom is -0.375 e. The first-order valence-corrected chi connectivity index (χ1v) is 7.88. The van der Waals surface area contributed by atoms with E-state index in [2.05, 4.69) is 10.6 Å². The van der Waals surface area contributed by atoms with Crippen LogP contribution < -0.4 is 10.6 Å². The number of hydrogen-bond donors (Lipinski definition) is 2. The van der Waals surface area contributed by atoms with Crippen LogP contribution in [0.3, 0.4) is 0 Å². The standard InChI is InChI=1S/C16H15Cl3N2O/c17-12-4-1-3-11(9-12)7-8-20-15(22)10-21-14-6-2-5-13(18)16(14)19/h1-6,9,21H,7-8,10H2,(H,20,22). The van der Waals surface area contributed by atoms with Crippen molar-refractivity contribution >= 4 is 46.4 Å². The molecule has 2 aromatic carbocycles. The van der Waals surface area contributed by atoms with E-state index in [1.54, 1.807) is 18.2 Å². The van der Waals surface area contributed by atoms with Crippen molar-refractivity contribution in [1.29, 1.82) is 0 Å². The number of hydrogen-bond acceptors (Lipinski definition) is 2. The Labute approximate surface area is 144 Å². The fourth-order valence-corrected chi connectivity index (χ4v) is 2.50. The van der Waals surface area contributed by atoms with Crippen molar-refractivity contribution in [2.24, 2.45) is 0 Å². The number of carbonyl (C=O) groups excluding carboxylic acids is 1. The Balaban J connectivity index is 1.75. The van der Waals surface area contributed by atoms with E-state index in [0.717, 1.165) is 12.0 Å². The molecule has 0 fully saturated rings. The Morgan fingerprint density at radius 1 is 1.05 bits per heavy atom. The molecule has 0 aliphatic rings. The SMILES string of the molecule is O=C(CNc1cccc(Cl)c1Cl)NCCc1cccc(Cl)c1. The Hall–Kier alpha value is -1.42. The molecule has 116 valence electrons. The molecule has 0 aliphatic heterocycles. The van der Waals surface area contributed by atoms with Gasteiger partial charge in [0.15, 0.2) is 0 Å². The van der Waals surface area contributed by atoms with E-state index in [4.69, 9.17) is 34.8 Å². The molecule has 0 bridgehead atoms. The molecule has 2 aromatic rings. The molecule has 22 heavy (non-hydrogen) atoms. The van der Waals surface area contributed by atoms with Gasteiger partial charge in [-0.25, -0.2) is 0 Å². The Morgan fingerprint density at radius 3 is 2.59 bits per heavy atom. The molecule has 2 rings (SSSR count). The molecule has 0 heterocycles. The van der Waals surface area contributed by atoms with Gasteiger partial charge < -0.3 is 10.6 Å². The summed E-state index contributed by atoms with van der Waals surface area (Å²) in [5.74, 6) is -0.113. The molecule has 2 N–H and O–H groups in total. The average molecular weight is 358 g/mol. The molecule has 0 spiro atoms. The fourth-order valence-electron chi connectivity index (χ4n) is 1.92. The van der Waals surface area contributed by atoms with Gasteiger partial charge in [-0.15, -0.1) is 0 Å². The summed E-state index contributed by atoms with van der Waals surface area (Å²) in [5.41, 5.74) is 1.72. The molecule has 0 aliphatic carbocycles. The van der Waals surface area contributed by atoms with Gasteiger partial charge in [-0.1, -0.05) is 53.0 Å². The normalized spacial score (nSPS) is 10.3. The maximum absolute atomic E-state index is 11.8. The van der Waals surface area contributed by atoms with Crippen LogP contribution in [-0.2, 0) is 11.2 Å². The second-order valence-electron chi connectivity index (χ2n) is 4.68. The Bertz CT molecular complexity index is 662. The predicted molar refractivity (Wildman–Crippen MR) is 93.1 cm³/mol. The van der Waals surface area contributed by atoms with E-state index in [1.165, 1.54) is 0 Å². The number of rotatable bonds is 6. The molecule has 0 saturated heterocycles. The topological polar surface area (TPSA) is 41.1 Å². The summed E-state index contributed by atoms with van der Waals surface area (Å²) in [5, 5.41) is 7.36. The average Bonchev–Trinajstić information content (AvgIpc) is 2.49. The minimum atomic E-state index is -0.113. The molecule has 6 heteroatoms. The summed E-state index contributed by atoms with van der Waals surface area (Å²) in [7, 11) is 0. The van der Waals surface area contributed by atoms with Crippen molar-refractivity contribution in [3.63, 3.8) is 0 Å². The zero-order valence-electron chi connectivity index (χ0n) is 11.7. The smallest absolute Gasteiger partial charge is 0.239 e. The summed E-state index contributed by atoms with van der Waals surface area (Å²) in [6.45, 7) is 0.680. The van der Waals surface area contributed by atoms with E-state index in [1.807, 2.05) is 24.3 Å². The highest BCUT2D eigenvalue weighted by Gasteiger charge is 2.06. The van der Waals surface area contributed by atoms with Gasteiger partial charge in [0.25, 0.3) is 0 Å². The summed E-state index contributed by atoms with van der Waals surface area (Å²) < 4.78 is 0. The van der Waals surface area contributed by atoms with Gasteiger partial charge in [-0.05, 0) is 36.2 Å². The van der Waals surface area contributed by atoms with Gasteiger partial charge in [0.1, 0.15) is 0 Å². The largest absolute Gasteiger partial charge is 0.375 e. The van der Waals surface area contributed by atoms with Crippen LogP contribution in [0.25, 0.3) is 0 Å². The summed E-state index contributed by atoms with van der Waals surface area (Å²) >= 11 is 17.9. The first kappa shape index (κ1) is 16.9. The number of benzene rings is 2. The molecule has 0 aromatic heterocycles. The van der Waals surface area contributed by atoms with E-state index in [0.29, 0.717) is 27.3 Å². The van der Waals surface area contributed by atoms with Crippen molar-refractivity contribution in [1.82, 2.24) is 5.32 Å². The lowest BCUT2D eigenvalue weighted by molar-refractivity contribution is -0.119. The van der Waals surface area contributed by atoms with Crippen molar-refractivity contribution < 1.29 is 4.79 Å². The van der Waals surface area contributed by atoms with E-state index >= 15 is 0 Å². The van der Waals surface area contributed by atoms with Crippen molar-refractivity contribution in [2.45, 2.75) is 6.42 Å². The van der Waals surface area contributed by atoms with E-state index < -0.39 is 0 Å². The minimum absolute atomic E-state index is 0.113. The van der Waals surface area contributed by atoms with Crippen molar-refractivity contribution in [2.75, 3.05) is 18.4 Å². The summed E-state index contributed by atoms with van der Waals surface area (Å²) in [4.78, 5) is 11.8. The number of nitrogens with one attached hydrogen (secondary N) is 2. The molecule has 1 amide bonds. The zero-order valence-corrected chi connectivity index (χ0v) is 14.0. The number of amides is 1. The highest BCUT2D eigenvalue weighted by Crippen LogP contribution is 2.29. The highest BCUT2D eigenvalue weighted by molar-refractivity contribution is 6.43. The van der Waals surface area contributed by atoms with Gasteiger partial charge in [0.05, 0.1) is 22.3 Å². The summed E-state index contributed by atoms with van der Waals surface area (Å²) in [6, 6.07) is 12.8. The van der Waals surface area contributed by atoms with Crippen molar-refractivity contribution in [3.8, 4) is 0 Å². The Morgan fingerprint density at radius 2 is 1.82 bits per heavy atom. The highest BCUT2D eigenvalue weighted by atomic mass is 35.5. The second-order valence-corrected chi connectivity index (χ2v) is 5.91. The fraction of sp³-hybridized carbons (Fsp3) is 0.188. The monoisotopic (exact) mass is 356 g/mol. The third kappa shape index (κ3) is 5.09. The van der Waals surface area contributed by atoms with Crippen LogP contribution in [-0.4, -0.2) is 19.0 Å². The predicted octanol–water partition coefficient (Wildman–Crippen LogP) is 4.42. The maximum atomic E-state index is 11.8. The lowest BCUT2D eigenvalue weighted by Crippen LogP contribution is -2.31. The third-order valence-electron chi connectivity index (χ3n) is 3.02. The van der Waals surface area contributed by atoms with Crippen LogP contribution in [0, 0.1) is 0 Å².